The highest BCUT2D eigenvalue weighted by Gasteiger charge is 2.06. The van der Waals surface area contributed by atoms with Gasteiger partial charge in [0.2, 0.25) is 0 Å². The number of hydrogen-bond acceptors (Lipinski definition) is 2. The number of aryl methyl sites for hydroxylation is 1. The predicted molar refractivity (Wildman–Crippen MR) is 77.4 cm³/mol. The third-order valence-electron chi connectivity index (χ3n) is 2.85. The maximum atomic E-state index is 11.8. The quantitative estimate of drug-likeness (QED) is 0.834. The van der Waals surface area contributed by atoms with Crippen LogP contribution < -0.4 is 10.6 Å². The zero-order valence-corrected chi connectivity index (χ0v) is 11.2. The van der Waals surface area contributed by atoms with Crippen LogP contribution in [-0.4, -0.2) is 18.5 Å². The van der Waals surface area contributed by atoms with Crippen LogP contribution in [0.5, 0.6) is 0 Å². The van der Waals surface area contributed by atoms with Crippen LogP contribution in [0.25, 0.3) is 0 Å². The zero-order valence-electron chi connectivity index (χ0n) is 11.2. The van der Waals surface area contributed by atoms with E-state index in [1.807, 2.05) is 25.1 Å². The summed E-state index contributed by atoms with van der Waals surface area (Å²) in [4.78, 5) is 23.6. The summed E-state index contributed by atoms with van der Waals surface area (Å²) in [5.74, 6) is -0.423. The lowest BCUT2D eigenvalue weighted by Gasteiger charge is -2.07. The molecule has 2 amide bonds. The van der Waals surface area contributed by atoms with Crippen molar-refractivity contribution in [2.75, 3.05) is 6.67 Å². The molecular weight excluding hydrogens is 252 g/mol. The molecule has 0 aliphatic carbocycles. The molecule has 2 rings (SSSR count). The van der Waals surface area contributed by atoms with Gasteiger partial charge in [0.05, 0.1) is 6.67 Å². The molecule has 0 unspecified atom stereocenters. The summed E-state index contributed by atoms with van der Waals surface area (Å²) in [5.41, 5.74) is 2.24. The van der Waals surface area contributed by atoms with Gasteiger partial charge in [0.25, 0.3) is 11.8 Å². The first-order chi connectivity index (χ1) is 9.66. The molecule has 2 aromatic rings. The van der Waals surface area contributed by atoms with Crippen molar-refractivity contribution in [2.45, 2.75) is 6.92 Å². The second-order valence-corrected chi connectivity index (χ2v) is 4.42. The van der Waals surface area contributed by atoms with E-state index in [9.17, 15) is 9.59 Å². The van der Waals surface area contributed by atoms with E-state index >= 15 is 0 Å². The number of carbonyl (C=O) groups is 2. The second kappa shape index (κ2) is 6.52. The molecule has 0 spiro atoms. The van der Waals surface area contributed by atoms with Crippen LogP contribution in [-0.2, 0) is 0 Å². The summed E-state index contributed by atoms with van der Waals surface area (Å²) in [6.45, 7) is 2.06. The van der Waals surface area contributed by atoms with Crippen molar-refractivity contribution < 1.29 is 9.59 Å². The van der Waals surface area contributed by atoms with Crippen molar-refractivity contribution in [3.8, 4) is 0 Å². The molecular formula is C16H16N2O2. The number of amides is 2. The van der Waals surface area contributed by atoms with Gasteiger partial charge >= 0.3 is 0 Å². The molecule has 0 aliphatic heterocycles. The Labute approximate surface area is 117 Å². The van der Waals surface area contributed by atoms with E-state index < -0.39 is 0 Å². The van der Waals surface area contributed by atoms with Crippen molar-refractivity contribution in [2.24, 2.45) is 0 Å². The van der Waals surface area contributed by atoms with Gasteiger partial charge in [-0.25, -0.2) is 0 Å². The van der Waals surface area contributed by atoms with E-state index in [0.29, 0.717) is 11.1 Å². The molecule has 20 heavy (non-hydrogen) atoms. The third kappa shape index (κ3) is 3.68. The van der Waals surface area contributed by atoms with Gasteiger partial charge in [-0.05, 0) is 31.2 Å². The van der Waals surface area contributed by atoms with E-state index in [1.54, 1.807) is 36.4 Å². The average molecular weight is 268 g/mol. The Morgan fingerprint density at radius 2 is 1.30 bits per heavy atom. The Kier molecular flexibility index (Phi) is 4.50. The predicted octanol–water partition coefficient (Wildman–Crippen LogP) is 2.11. The first-order valence-corrected chi connectivity index (χ1v) is 6.35. The highest BCUT2D eigenvalue weighted by atomic mass is 16.2. The number of carbonyl (C=O) groups excluding carboxylic acids is 2. The summed E-state index contributed by atoms with van der Waals surface area (Å²) in [6.07, 6.45) is 0. The number of hydrogen-bond donors (Lipinski definition) is 2. The van der Waals surface area contributed by atoms with E-state index in [4.69, 9.17) is 0 Å². The van der Waals surface area contributed by atoms with Crippen LogP contribution in [0, 0.1) is 6.92 Å². The Balaban J connectivity index is 1.83. The van der Waals surface area contributed by atoms with E-state index in [0.717, 1.165) is 5.56 Å². The maximum absolute atomic E-state index is 11.8. The Morgan fingerprint density at radius 1 is 0.800 bits per heavy atom. The molecule has 4 nitrogen and oxygen atoms in total. The zero-order chi connectivity index (χ0) is 14.4. The highest BCUT2D eigenvalue weighted by Crippen LogP contribution is 2.02. The van der Waals surface area contributed by atoms with Crippen molar-refractivity contribution in [1.29, 1.82) is 0 Å². The lowest BCUT2D eigenvalue weighted by atomic mass is 10.1. The van der Waals surface area contributed by atoms with E-state index in [2.05, 4.69) is 10.6 Å². The van der Waals surface area contributed by atoms with E-state index in [-0.39, 0.29) is 18.5 Å². The van der Waals surface area contributed by atoms with Crippen LogP contribution in [0.2, 0.25) is 0 Å². The minimum atomic E-state index is -0.213. The van der Waals surface area contributed by atoms with Crippen LogP contribution >= 0.6 is 0 Å². The molecule has 4 heteroatoms. The van der Waals surface area contributed by atoms with Crippen LogP contribution in [0.1, 0.15) is 26.3 Å². The first-order valence-electron chi connectivity index (χ1n) is 6.35. The van der Waals surface area contributed by atoms with Gasteiger partial charge in [0.15, 0.2) is 0 Å². The normalized spacial score (nSPS) is 9.85. The Morgan fingerprint density at radius 3 is 1.85 bits per heavy atom. The SMILES string of the molecule is Cc1ccc(C(=O)NCNC(=O)c2ccccc2)cc1. The van der Waals surface area contributed by atoms with Crippen LogP contribution in [0.15, 0.2) is 54.6 Å². The molecule has 0 atom stereocenters. The second-order valence-electron chi connectivity index (χ2n) is 4.42. The Bertz CT molecular complexity index is 592. The molecule has 2 aromatic carbocycles. The smallest absolute Gasteiger partial charge is 0.252 e. The minimum absolute atomic E-state index is 0.0977. The molecule has 2 N–H and O–H groups in total. The molecule has 0 bridgehead atoms. The van der Waals surface area contributed by atoms with Crippen molar-refractivity contribution >= 4 is 11.8 Å². The third-order valence-corrected chi connectivity index (χ3v) is 2.85. The number of rotatable bonds is 4. The molecule has 0 heterocycles. The summed E-state index contributed by atoms with van der Waals surface area (Å²) < 4.78 is 0. The molecule has 0 saturated carbocycles. The van der Waals surface area contributed by atoms with Crippen molar-refractivity contribution in [3.05, 3.63) is 71.3 Å². The fourth-order valence-corrected chi connectivity index (χ4v) is 1.70. The van der Waals surface area contributed by atoms with Gasteiger partial charge in [-0.15, -0.1) is 0 Å². The largest absolute Gasteiger partial charge is 0.335 e. The van der Waals surface area contributed by atoms with Gasteiger partial charge in [-0.2, -0.15) is 0 Å². The lowest BCUT2D eigenvalue weighted by molar-refractivity contribution is 0.0920. The first kappa shape index (κ1) is 13.8. The van der Waals surface area contributed by atoms with Gasteiger partial charge < -0.3 is 10.6 Å². The van der Waals surface area contributed by atoms with E-state index in [1.165, 1.54) is 0 Å². The standard InChI is InChI=1S/C16H16N2O2/c1-12-7-9-14(10-8-12)16(20)18-11-17-15(19)13-5-3-2-4-6-13/h2-10H,11H2,1H3,(H,17,19)(H,18,20). The Hall–Kier alpha value is -2.62. The van der Waals surface area contributed by atoms with Gasteiger partial charge in [-0.1, -0.05) is 35.9 Å². The van der Waals surface area contributed by atoms with Crippen LogP contribution in [0.4, 0.5) is 0 Å². The minimum Gasteiger partial charge on any atom is -0.335 e. The van der Waals surface area contributed by atoms with Crippen molar-refractivity contribution in [3.63, 3.8) is 0 Å². The van der Waals surface area contributed by atoms with Crippen molar-refractivity contribution in [1.82, 2.24) is 10.6 Å². The molecule has 0 saturated heterocycles. The summed E-state index contributed by atoms with van der Waals surface area (Å²) in [7, 11) is 0. The molecule has 0 aliphatic rings. The molecule has 102 valence electrons. The number of nitrogens with one attached hydrogen (secondary N) is 2. The van der Waals surface area contributed by atoms with Gasteiger partial charge in [0, 0.05) is 11.1 Å². The fourth-order valence-electron chi connectivity index (χ4n) is 1.70. The topological polar surface area (TPSA) is 58.2 Å². The summed E-state index contributed by atoms with van der Waals surface area (Å²) >= 11 is 0. The summed E-state index contributed by atoms with van der Waals surface area (Å²) in [5, 5.41) is 5.29. The van der Waals surface area contributed by atoms with Gasteiger partial charge in [-0.3, -0.25) is 9.59 Å². The monoisotopic (exact) mass is 268 g/mol. The molecule has 0 fully saturated rings. The lowest BCUT2D eigenvalue weighted by Crippen LogP contribution is -2.37. The highest BCUT2D eigenvalue weighted by molar-refractivity contribution is 5.96. The van der Waals surface area contributed by atoms with Crippen LogP contribution in [0.3, 0.4) is 0 Å². The molecule has 0 aromatic heterocycles. The maximum Gasteiger partial charge on any atom is 0.252 e. The van der Waals surface area contributed by atoms with Gasteiger partial charge in [0.1, 0.15) is 0 Å². The fraction of sp³-hybridized carbons (Fsp3) is 0.125. The molecule has 0 radical (unpaired) electrons. The summed E-state index contributed by atoms with van der Waals surface area (Å²) in [6, 6.07) is 16.1. The number of benzene rings is 2. The average Bonchev–Trinajstić information content (AvgIpc) is 2.48.